The van der Waals surface area contributed by atoms with Gasteiger partial charge in [-0.1, -0.05) is 19.9 Å². The Morgan fingerprint density at radius 1 is 1.25 bits per heavy atom. The molecule has 1 heterocycles. The van der Waals surface area contributed by atoms with Gasteiger partial charge in [-0.05, 0) is 23.6 Å². The summed E-state index contributed by atoms with van der Waals surface area (Å²) < 4.78 is 40.0. The highest BCUT2D eigenvalue weighted by atomic mass is 19.3. The van der Waals surface area contributed by atoms with Gasteiger partial charge in [-0.25, -0.2) is 13.2 Å². The van der Waals surface area contributed by atoms with Gasteiger partial charge in [0.25, 0.3) is 11.8 Å². The van der Waals surface area contributed by atoms with Crippen molar-refractivity contribution in [3.8, 4) is 0 Å². The number of carbonyl (C=O) groups excluding carboxylic acids is 1. The average Bonchev–Trinajstić information content (AvgIpc) is 2.38. The fourth-order valence-corrected chi connectivity index (χ4v) is 2.27. The summed E-state index contributed by atoms with van der Waals surface area (Å²) in [5, 5.41) is 0. The number of hydrogen-bond acceptors (Lipinski definition) is 1. The molecule has 0 aromatic heterocycles. The van der Waals surface area contributed by atoms with Crippen LogP contribution in [0.5, 0.6) is 0 Å². The first-order valence-corrected chi connectivity index (χ1v) is 6.77. The summed E-state index contributed by atoms with van der Waals surface area (Å²) in [5.41, 5.74) is 0.832. The second-order valence-electron chi connectivity index (χ2n) is 5.54. The minimum atomic E-state index is -2.71. The largest absolute Gasteiger partial charge is 0.338 e. The van der Waals surface area contributed by atoms with Crippen LogP contribution in [0.4, 0.5) is 13.2 Å². The third-order valence-electron chi connectivity index (χ3n) is 3.67. The number of amides is 1. The average molecular weight is 285 g/mol. The summed E-state index contributed by atoms with van der Waals surface area (Å²) in [5.74, 6) is -3.64. The Morgan fingerprint density at radius 2 is 1.85 bits per heavy atom. The van der Waals surface area contributed by atoms with Crippen LogP contribution in [0.15, 0.2) is 18.2 Å². The summed E-state index contributed by atoms with van der Waals surface area (Å²) >= 11 is 0. The summed E-state index contributed by atoms with van der Waals surface area (Å²) in [4.78, 5) is 13.6. The predicted molar refractivity (Wildman–Crippen MR) is 70.6 cm³/mol. The van der Waals surface area contributed by atoms with Crippen LogP contribution in [0.2, 0.25) is 0 Å². The zero-order valence-corrected chi connectivity index (χ0v) is 11.6. The van der Waals surface area contributed by atoms with E-state index in [9.17, 15) is 18.0 Å². The SMILES string of the molecule is CC(C)c1ccc(F)c(C(=O)N2CCC(F)(F)CC2)c1. The zero-order chi connectivity index (χ0) is 14.9. The lowest BCUT2D eigenvalue weighted by Gasteiger charge is -2.32. The second kappa shape index (κ2) is 5.46. The van der Waals surface area contributed by atoms with E-state index < -0.39 is 17.6 Å². The zero-order valence-electron chi connectivity index (χ0n) is 11.6. The Kier molecular flexibility index (Phi) is 4.06. The monoisotopic (exact) mass is 285 g/mol. The first kappa shape index (κ1) is 14.9. The Balaban J connectivity index is 2.19. The molecule has 0 radical (unpaired) electrons. The van der Waals surface area contributed by atoms with Gasteiger partial charge in [0, 0.05) is 25.9 Å². The molecule has 20 heavy (non-hydrogen) atoms. The number of piperidine rings is 1. The molecular weight excluding hydrogens is 267 g/mol. The quantitative estimate of drug-likeness (QED) is 0.809. The fourth-order valence-electron chi connectivity index (χ4n) is 2.27. The molecule has 0 aliphatic carbocycles. The van der Waals surface area contributed by atoms with Crippen molar-refractivity contribution in [2.75, 3.05) is 13.1 Å². The maximum atomic E-state index is 13.8. The summed E-state index contributed by atoms with van der Waals surface area (Å²) in [6.45, 7) is 3.83. The van der Waals surface area contributed by atoms with Crippen LogP contribution in [-0.4, -0.2) is 29.8 Å². The number of benzene rings is 1. The third kappa shape index (κ3) is 3.14. The molecular formula is C15H18F3NO. The molecule has 0 unspecified atom stereocenters. The molecule has 1 aliphatic rings. The molecule has 0 saturated carbocycles. The Hall–Kier alpha value is -1.52. The number of halogens is 3. The molecule has 0 bridgehead atoms. The van der Waals surface area contributed by atoms with Crippen LogP contribution in [0.25, 0.3) is 0 Å². The van der Waals surface area contributed by atoms with Gasteiger partial charge in [-0.15, -0.1) is 0 Å². The number of alkyl halides is 2. The van der Waals surface area contributed by atoms with Crippen molar-refractivity contribution in [1.29, 1.82) is 0 Å². The number of rotatable bonds is 2. The molecule has 0 spiro atoms. The molecule has 5 heteroatoms. The maximum Gasteiger partial charge on any atom is 0.256 e. The topological polar surface area (TPSA) is 20.3 Å². The van der Waals surface area contributed by atoms with Crippen molar-refractivity contribution in [2.24, 2.45) is 0 Å². The van der Waals surface area contributed by atoms with Crippen molar-refractivity contribution < 1.29 is 18.0 Å². The molecule has 1 amide bonds. The van der Waals surface area contributed by atoms with E-state index in [-0.39, 0.29) is 37.4 Å². The highest BCUT2D eigenvalue weighted by Crippen LogP contribution is 2.29. The van der Waals surface area contributed by atoms with Crippen molar-refractivity contribution in [1.82, 2.24) is 4.90 Å². The first-order chi connectivity index (χ1) is 9.30. The Bertz CT molecular complexity index is 504. The Labute approximate surface area is 116 Å². The summed E-state index contributed by atoms with van der Waals surface area (Å²) in [7, 11) is 0. The van der Waals surface area contributed by atoms with Gasteiger partial charge < -0.3 is 4.90 Å². The molecule has 1 aliphatic heterocycles. The van der Waals surface area contributed by atoms with Crippen molar-refractivity contribution in [2.45, 2.75) is 38.5 Å². The minimum absolute atomic E-state index is 0.0265. The summed E-state index contributed by atoms with van der Waals surface area (Å²) in [6, 6.07) is 4.43. The third-order valence-corrected chi connectivity index (χ3v) is 3.67. The van der Waals surface area contributed by atoms with E-state index in [1.54, 1.807) is 6.07 Å². The highest BCUT2D eigenvalue weighted by molar-refractivity contribution is 5.94. The van der Waals surface area contributed by atoms with Gasteiger partial charge in [0.2, 0.25) is 0 Å². The lowest BCUT2D eigenvalue weighted by Crippen LogP contribution is -2.43. The normalized spacial score (nSPS) is 18.4. The van der Waals surface area contributed by atoms with Gasteiger partial charge in [-0.3, -0.25) is 4.79 Å². The van der Waals surface area contributed by atoms with Crippen LogP contribution >= 0.6 is 0 Å². The van der Waals surface area contributed by atoms with E-state index in [0.717, 1.165) is 5.56 Å². The van der Waals surface area contributed by atoms with E-state index >= 15 is 0 Å². The maximum absolute atomic E-state index is 13.8. The van der Waals surface area contributed by atoms with Crippen LogP contribution in [-0.2, 0) is 0 Å². The van der Waals surface area contributed by atoms with Crippen LogP contribution in [0.3, 0.4) is 0 Å². The molecule has 110 valence electrons. The van der Waals surface area contributed by atoms with E-state index in [1.165, 1.54) is 17.0 Å². The molecule has 1 aromatic carbocycles. The minimum Gasteiger partial charge on any atom is -0.338 e. The summed E-state index contributed by atoms with van der Waals surface area (Å²) in [6.07, 6.45) is -0.714. The first-order valence-electron chi connectivity index (χ1n) is 6.77. The molecule has 1 fully saturated rings. The van der Waals surface area contributed by atoms with E-state index in [0.29, 0.717) is 0 Å². The van der Waals surface area contributed by atoms with Crippen molar-refractivity contribution in [3.05, 3.63) is 35.1 Å². The standard InChI is InChI=1S/C15H18F3NO/c1-10(2)11-3-4-13(16)12(9-11)14(20)19-7-5-15(17,18)6-8-19/h3-4,9-10H,5-8H2,1-2H3. The second-order valence-corrected chi connectivity index (χ2v) is 5.54. The van der Waals surface area contributed by atoms with Gasteiger partial charge >= 0.3 is 0 Å². The number of nitrogens with zero attached hydrogens (tertiary/aromatic N) is 1. The van der Waals surface area contributed by atoms with E-state index in [2.05, 4.69) is 0 Å². The van der Waals surface area contributed by atoms with E-state index in [1.807, 2.05) is 13.8 Å². The predicted octanol–water partition coefficient (Wildman–Crippen LogP) is 3.82. The van der Waals surface area contributed by atoms with Gasteiger partial charge in [0.1, 0.15) is 5.82 Å². The lowest BCUT2D eigenvalue weighted by atomic mass is 9.99. The van der Waals surface area contributed by atoms with Gasteiger partial charge in [0.05, 0.1) is 5.56 Å². The smallest absolute Gasteiger partial charge is 0.256 e. The lowest BCUT2D eigenvalue weighted by molar-refractivity contribution is -0.0494. The number of hydrogen-bond donors (Lipinski definition) is 0. The molecule has 1 aromatic rings. The van der Waals surface area contributed by atoms with Crippen molar-refractivity contribution in [3.63, 3.8) is 0 Å². The molecule has 0 atom stereocenters. The molecule has 1 saturated heterocycles. The van der Waals surface area contributed by atoms with Gasteiger partial charge in [-0.2, -0.15) is 0 Å². The highest BCUT2D eigenvalue weighted by Gasteiger charge is 2.36. The van der Waals surface area contributed by atoms with Crippen molar-refractivity contribution >= 4 is 5.91 Å². The van der Waals surface area contributed by atoms with Crippen LogP contribution in [0.1, 0.15) is 48.5 Å². The van der Waals surface area contributed by atoms with Crippen LogP contribution in [0, 0.1) is 5.82 Å². The molecule has 2 rings (SSSR count). The number of carbonyl (C=O) groups is 1. The fraction of sp³-hybridized carbons (Fsp3) is 0.533. The Morgan fingerprint density at radius 3 is 2.40 bits per heavy atom. The van der Waals surface area contributed by atoms with Gasteiger partial charge in [0.15, 0.2) is 0 Å². The number of likely N-dealkylation sites (tertiary alicyclic amines) is 1. The molecule has 2 nitrogen and oxygen atoms in total. The van der Waals surface area contributed by atoms with Crippen LogP contribution < -0.4 is 0 Å². The molecule has 0 N–H and O–H groups in total. The van der Waals surface area contributed by atoms with E-state index in [4.69, 9.17) is 0 Å².